The Balaban J connectivity index is 1.85. The van der Waals surface area contributed by atoms with Crippen molar-refractivity contribution in [2.45, 2.75) is 37.4 Å². The smallest absolute Gasteiger partial charge is 0.307 e. The van der Waals surface area contributed by atoms with Crippen LogP contribution in [0.15, 0.2) is 10.9 Å². The third-order valence-electron chi connectivity index (χ3n) is 4.13. The van der Waals surface area contributed by atoms with Crippen LogP contribution >= 0.6 is 12.6 Å². The number of aryl methyl sites for hydroxylation is 2. The quantitative estimate of drug-likeness (QED) is 0.391. The Labute approximate surface area is 156 Å². The van der Waals surface area contributed by atoms with Gasteiger partial charge in [-0.2, -0.15) is 12.6 Å². The first-order valence-electron chi connectivity index (χ1n) is 8.48. The molecule has 0 radical (unpaired) electrons. The van der Waals surface area contributed by atoms with Gasteiger partial charge in [0.15, 0.2) is 6.61 Å². The molecule has 2 rings (SSSR count). The van der Waals surface area contributed by atoms with Crippen LogP contribution in [0.2, 0.25) is 0 Å². The van der Waals surface area contributed by atoms with Crippen molar-refractivity contribution >= 4 is 30.4 Å². The number of thiol groups is 1. The SMILES string of the molecule is CNC(=O)COC(=O)C[C@H](S)CNC(=O)c1cc2c([nH]c1=O)CCCC2. The summed E-state index contributed by atoms with van der Waals surface area (Å²) >= 11 is 4.23. The van der Waals surface area contributed by atoms with Gasteiger partial charge < -0.3 is 20.4 Å². The Morgan fingerprint density at radius 2 is 2.04 bits per heavy atom. The minimum Gasteiger partial charge on any atom is -0.456 e. The number of amides is 2. The number of fused-ring (bicyclic) bond motifs is 1. The Morgan fingerprint density at radius 3 is 2.77 bits per heavy atom. The average molecular weight is 381 g/mol. The van der Waals surface area contributed by atoms with E-state index in [0.29, 0.717) is 0 Å². The summed E-state index contributed by atoms with van der Waals surface area (Å²) in [5.74, 6) is -1.50. The largest absolute Gasteiger partial charge is 0.456 e. The summed E-state index contributed by atoms with van der Waals surface area (Å²) in [6.45, 7) is -0.264. The standard InChI is InChI=1S/C17H23N3O5S/c1-18-14(21)9-25-15(22)7-11(26)8-19-16(23)12-6-10-4-2-3-5-13(10)20-17(12)24/h6,11,26H,2-5,7-9H2,1H3,(H,18,21)(H,19,23)(H,20,24)/t11-/m0/s1. The first-order valence-corrected chi connectivity index (χ1v) is 9.00. The van der Waals surface area contributed by atoms with Gasteiger partial charge >= 0.3 is 5.97 Å². The number of hydrogen-bond acceptors (Lipinski definition) is 6. The lowest BCUT2D eigenvalue weighted by molar-refractivity contribution is -0.148. The Bertz CT molecular complexity index is 746. The fourth-order valence-electron chi connectivity index (χ4n) is 2.69. The minimum absolute atomic E-state index is 0.0633. The zero-order chi connectivity index (χ0) is 19.1. The van der Waals surface area contributed by atoms with E-state index in [1.54, 1.807) is 6.07 Å². The lowest BCUT2D eigenvalue weighted by atomic mass is 9.95. The molecule has 9 heteroatoms. The maximum absolute atomic E-state index is 12.3. The predicted octanol–water partition coefficient (Wildman–Crippen LogP) is -0.0388. The normalized spacial score (nSPS) is 14.1. The van der Waals surface area contributed by atoms with Gasteiger partial charge in [0.25, 0.3) is 17.4 Å². The molecule has 1 atom stereocenters. The average Bonchev–Trinajstić information content (AvgIpc) is 2.63. The summed E-state index contributed by atoms with van der Waals surface area (Å²) in [6, 6.07) is 1.65. The fraction of sp³-hybridized carbons (Fsp3) is 0.529. The lowest BCUT2D eigenvalue weighted by Gasteiger charge is -2.16. The molecule has 0 spiro atoms. The monoisotopic (exact) mass is 381 g/mol. The molecule has 0 aliphatic heterocycles. The molecule has 2 amide bonds. The molecule has 3 N–H and O–H groups in total. The number of nitrogens with one attached hydrogen (secondary N) is 3. The highest BCUT2D eigenvalue weighted by molar-refractivity contribution is 7.81. The third-order valence-corrected chi connectivity index (χ3v) is 4.49. The second-order valence-electron chi connectivity index (χ2n) is 6.12. The summed E-state index contributed by atoms with van der Waals surface area (Å²) < 4.78 is 4.77. The molecular formula is C17H23N3O5S. The van der Waals surface area contributed by atoms with Gasteiger partial charge in [-0.3, -0.25) is 19.2 Å². The molecule has 0 saturated heterocycles. The number of likely N-dealkylation sites (N-methyl/N-ethyl adjacent to an activating group) is 1. The molecule has 8 nitrogen and oxygen atoms in total. The molecule has 0 aromatic carbocycles. The zero-order valence-corrected chi connectivity index (χ0v) is 15.5. The summed E-state index contributed by atoms with van der Waals surface area (Å²) in [7, 11) is 1.44. The Kier molecular flexibility index (Phi) is 7.26. The van der Waals surface area contributed by atoms with Crippen LogP contribution in [-0.4, -0.2) is 48.2 Å². The summed E-state index contributed by atoms with van der Waals surface area (Å²) in [6.07, 6.45) is 3.67. The molecule has 1 aromatic rings. The van der Waals surface area contributed by atoms with Gasteiger partial charge in [0.2, 0.25) is 0 Å². The Hall–Kier alpha value is -2.29. The van der Waals surface area contributed by atoms with E-state index in [4.69, 9.17) is 4.74 Å². The molecule has 26 heavy (non-hydrogen) atoms. The summed E-state index contributed by atoms with van der Waals surface area (Å²) in [4.78, 5) is 49.7. The number of esters is 1. The molecule has 0 fully saturated rings. The number of carbonyl (C=O) groups is 3. The Morgan fingerprint density at radius 1 is 1.31 bits per heavy atom. The van der Waals surface area contributed by atoms with Gasteiger partial charge in [-0.25, -0.2) is 0 Å². The van der Waals surface area contributed by atoms with Crippen LogP contribution in [0.25, 0.3) is 0 Å². The van der Waals surface area contributed by atoms with Gasteiger partial charge in [0.05, 0.1) is 6.42 Å². The summed E-state index contributed by atoms with van der Waals surface area (Å²) in [5, 5.41) is 4.45. The highest BCUT2D eigenvalue weighted by Gasteiger charge is 2.18. The van der Waals surface area contributed by atoms with E-state index in [-0.39, 0.29) is 25.1 Å². The van der Waals surface area contributed by atoms with Crippen LogP contribution in [0.1, 0.15) is 40.9 Å². The third kappa shape index (κ3) is 5.62. The molecular weight excluding hydrogens is 358 g/mol. The van der Waals surface area contributed by atoms with Gasteiger partial charge in [0, 0.05) is 24.5 Å². The van der Waals surface area contributed by atoms with E-state index in [9.17, 15) is 19.2 Å². The minimum atomic E-state index is -0.588. The molecule has 0 bridgehead atoms. The number of rotatable bonds is 7. The molecule has 0 unspecified atom stereocenters. The maximum Gasteiger partial charge on any atom is 0.307 e. The van der Waals surface area contributed by atoms with E-state index in [2.05, 4.69) is 28.2 Å². The van der Waals surface area contributed by atoms with Gasteiger partial charge in [0.1, 0.15) is 5.56 Å². The number of carbonyl (C=O) groups excluding carboxylic acids is 3. The lowest BCUT2D eigenvalue weighted by Crippen LogP contribution is -2.35. The van der Waals surface area contributed by atoms with Crippen molar-refractivity contribution in [1.29, 1.82) is 0 Å². The summed E-state index contributed by atoms with van der Waals surface area (Å²) in [5.41, 5.74) is 1.56. The van der Waals surface area contributed by atoms with Crippen LogP contribution in [-0.2, 0) is 27.2 Å². The first kappa shape index (κ1) is 20.0. The highest BCUT2D eigenvalue weighted by Crippen LogP contribution is 2.18. The number of pyridine rings is 1. The van der Waals surface area contributed by atoms with Crippen molar-refractivity contribution in [2.75, 3.05) is 20.2 Å². The molecule has 1 aliphatic rings. The van der Waals surface area contributed by atoms with Crippen LogP contribution in [0.5, 0.6) is 0 Å². The molecule has 1 aliphatic carbocycles. The van der Waals surface area contributed by atoms with Crippen LogP contribution in [0.4, 0.5) is 0 Å². The highest BCUT2D eigenvalue weighted by atomic mass is 32.1. The van der Waals surface area contributed by atoms with Gasteiger partial charge in [-0.15, -0.1) is 0 Å². The molecule has 1 aromatic heterocycles. The van der Waals surface area contributed by atoms with E-state index in [1.807, 2.05) is 0 Å². The van der Waals surface area contributed by atoms with Crippen molar-refractivity contribution in [2.24, 2.45) is 0 Å². The van der Waals surface area contributed by atoms with Crippen molar-refractivity contribution in [3.8, 4) is 0 Å². The second kappa shape index (κ2) is 9.42. The predicted molar refractivity (Wildman–Crippen MR) is 98.5 cm³/mol. The number of hydrogen-bond donors (Lipinski definition) is 4. The van der Waals surface area contributed by atoms with E-state index in [0.717, 1.165) is 36.9 Å². The van der Waals surface area contributed by atoms with Crippen molar-refractivity contribution in [3.05, 3.63) is 33.2 Å². The van der Waals surface area contributed by atoms with Crippen LogP contribution < -0.4 is 16.2 Å². The number of ether oxygens (including phenoxy) is 1. The van der Waals surface area contributed by atoms with Crippen molar-refractivity contribution in [1.82, 2.24) is 15.6 Å². The number of aromatic amines is 1. The first-order chi connectivity index (χ1) is 12.4. The van der Waals surface area contributed by atoms with Gasteiger partial charge in [-0.05, 0) is 37.3 Å². The fourth-order valence-corrected chi connectivity index (χ4v) is 2.93. The van der Waals surface area contributed by atoms with Crippen molar-refractivity contribution in [3.63, 3.8) is 0 Å². The van der Waals surface area contributed by atoms with Crippen LogP contribution in [0.3, 0.4) is 0 Å². The number of aromatic nitrogens is 1. The van der Waals surface area contributed by atoms with E-state index < -0.39 is 28.6 Å². The van der Waals surface area contributed by atoms with Crippen LogP contribution in [0, 0.1) is 0 Å². The van der Waals surface area contributed by atoms with E-state index >= 15 is 0 Å². The molecule has 142 valence electrons. The second-order valence-corrected chi connectivity index (χ2v) is 6.86. The number of H-pyrrole nitrogens is 1. The van der Waals surface area contributed by atoms with Gasteiger partial charge in [-0.1, -0.05) is 0 Å². The van der Waals surface area contributed by atoms with Crippen molar-refractivity contribution < 1.29 is 19.1 Å². The van der Waals surface area contributed by atoms with E-state index in [1.165, 1.54) is 7.05 Å². The molecule has 0 saturated carbocycles. The zero-order valence-electron chi connectivity index (χ0n) is 14.6. The molecule has 1 heterocycles. The topological polar surface area (TPSA) is 117 Å². The maximum atomic E-state index is 12.3.